The zero-order chi connectivity index (χ0) is 19.6. The Balaban J connectivity index is 1.59. The lowest BCUT2D eigenvalue weighted by Gasteiger charge is -2.17. The summed E-state index contributed by atoms with van der Waals surface area (Å²) in [4.78, 5) is 38.2. The standard InChI is InChI=1S/C19H17BrClN3O3/c1-11-2-7-15(9-16(11)21)24-10-13(8-17(24)25)19(27)23-22-18(26)12-3-5-14(20)6-4-12/h2-7,9,13H,8,10H2,1H3,(H,22,26)(H,23,27)/t13-/m0/s1. The summed E-state index contributed by atoms with van der Waals surface area (Å²) in [6.45, 7) is 2.11. The molecule has 3 rings (SSSR count). The Morgan fingerprint density at radius 1 is 1.15 bits per heavy atom. The lowest BCUT2D eigenvalue weighted by Crippen LogP contribution is -2.45. The first kappa shape index (κ1) is 19.4. The van der Waals surface area contributed by atoms with E-state index in [0.29, 0.717) is 16.3 Å². The monoisotopic (exact) mass is 449 g/mol. The van der Waals surface area contributed by atoms with Gasteiger partial charge < -0.3 is 4.90 Å². The molecule has 0 unspecified atom stereocenters. The fourth-order valence-corrected chi connectivity index (χ4v) is 3.22. The Kier molecular flexibility index (Phi) is 5.82. The van der Waals surface area contributed by atoms with Gasteiger partial charge in [0.15, 0.2) is 0 Å². The van der Waals surface area contributed by atoms with Crippen molar-refractivity contribution in [1.29, 1.82) is 0 Å². The molecule has 27 heavy (non-hydrogen) atoms. The minimum Gasteiger partial charge on any atom is -0.312 e. The number of halogens is 2. The van der Waals surface area contributed by atoms with Gasteiger partial charge in [-0.2, -0.15) is 0 Å². The fraction of sp³-hybridized carbons (Fsp3) is 0.211. The topological polar surface area (TPSA) is 78.5 Å². The van der Waals surface area contributed by atoms with Crippen LogP contribution in [0, 0.1) is 12.8 Å². The van der Waals surface area contributed by atoms with Gasteiger partial charge >= 0.3 is 0 Å². The van der Waals surface area contributed by atoms with Crippen LogP contribution in [-0.4, -0.2) is 24.3 Å². The van der Waals surface area contributed by atoms with Crippen molar-refractivity contribution >= 4 is 50.9 Å². The molecular formula is C19H17BrClN3O3. The van der Waals surface area contributed by atoms with Gasteiger partial charge in [-0.1, -0.05) is 33.6 Å². The van der Waals surface area contributed by atoms with Crippen molar-refractivity contribution in [1.82, 2.24) is 10.9 Å². The average Bonchev–Trinajstić information content (AvgIpc) is 3.04. The maximum Gasteiger partial charge on any atom is 0.269 e. The smallest absolute Gasteiger partial charge is 0.269 e. The Hall–Kier alpha value is -2.38. The first-order valence-corrected chi connectivity index (χ1v) is 9.44. The second-order valence-corrected chi connectivity index (χ2v) is 7.61. The van der Waals surface area contributed by atoms with Crippen LogP contribution in [0.25, 0.3) is 0 Å². The molecule has 140 valence electrons. The van der Waals surface area contributed by atoms with Crippen molar-refractivity contribution in [2.45, 2.75) is 13.3 Å². The van der Waals surface area contributed by atoms with Gasteiger partial charge in [-0.25, -0.2) is 0 Å². The van der Waals surface area contributed by atoms with E-state index in [1.807, 2.05) is 13.0 Å². The summed E-state index contributed by atoms with van der Waals surface area (Å²) in [5, 5.41) is 0.565. The second-order valence-electron chi connectivity index (χ2n) is 6.29. The highest BCUT2D eigenvalue weighted by atomic mass is 79.9. The lowest BCUT2D eigenvalue weighted by atomic mass is 10.1. The van der Waals surface area contributed by atoms with Gasteiger partial charge in [-0.15, -0.1) is 0 Å². The zero-order valence-corrected chi connectivity index (χ0v) is 16.8. The highest BCUT2D eigenvalue weighted by molar-refractivity contribution is 9.10. The molecule has 1 heterocycles. The first-order valence-electron chi connectivity index (χ1n) is 8.27. The molecule has 0 bridgehead atoms. The third-order valence-electron chi connectivity index (χ3n) is 4.37. The molecule has 1 aliphatic heterocycles. The van der Waals surface area contributed by atoms with Crippen molar-refractivity contribution in [3.63, 3.8) is 0 Å². The number of benzene rings is 2. The van der Waals surface area contributed by atoms with Crippen molar-refractivity contribution < 1.29 is 14.4 Å². The SMILES string of the molecule is Cc1ccc(N2C[C@@H](C(=O)NNC(=O)c3ccc(Br)cc3)CC2=O)cc1Cl. The van der Waals surface area contributed by atoms with E-state index in [-0.39, 0.29) is 18.9 Å². The summed E-state index contributed by atoms with van der Waals surface area (Å²) in [7, 11) is 0. The number of hydrazine groups is 1. The summed E-state index contributed by atoms with van der Waals surface area (Å²) in [5.41, 5.74) is 6.76. The van der Waals surface area contributed by atoms with Crippen LogP contribution in [0.15, 0.2) is 46.9 Å². The molecule has 2 aromatic rings. The maximum atomic E-state index is 12.3. The highest BCUT2D eigenvalue weighted by Gasteiger charge is 2.35. The van der Waals surface area contributed by atoms with E-state index in [1.54, 1.807) is 36.4 Å². The van der Waals surface area contributed by atoms with Gasteiger partial charge in [0.1, 0.15) is 0 Å². The van der Waals surface area contributed by atoms with Gasteiger partial charge in [0.25, 0.3) is 5.91 Å². The number of carbonyl (C=O) groups excluding carboxylic acids is 3. The van der Waals surface area contributed by atoms with Crippen LogP contribution < -0.4 is 15.8 Å². The molecule has 3 amide bonds. The summed E-state index contributed by atoms with van der Waals surface area (Å²) in [5.74, 6) is -1.55. The Morgan fingerprint density at radius 2 is 1.85 bits per heavy atom. The molecular weight excluding hydrogens is 434 g/mol. The molecule has 1 aliphatic rings. The van der Waals surface area contributed by atoms with E-state index in [0.717, 1.165) is 10.0 Å². The van der Waals surface area contributed by atoms with Gasteiger partial charge in [0.2, 0.25) is 11.8 Å². The molecule has 0 aliphatic carbocycles. The number of rotatable bonds is 3. The number of amides is 3. The van der Waals surface area contributed by atoms with Gasteiger partial charge in [-0.3, -0.25) is 25.2 Å². The number of hydrogen-bond acceptors (Lipinski definition) is 3. The number of hydrogen-bond donors (Lipinski definition) is 2. The van der Waals surface area contributed by atoms with E-state index in [4.69, 9.17) is 11.6 Å². The largest absolute Gasteiger partial charge is 0.312 e. The lowest BCUT2D eigenvalue weighted by molar-refractivity contribution is -0.126. The summed E-state index contributed by atoms with van der Waals surface area (Å²) in [6, 6.07) is 12.1. The molecule has 6 nitrogen and oxygen atoms in total. The Bertz CT molecular complexity index is 902. The molecule has 1 fully saturated rings. The van der Waals surface area contributed by atoms with E-state index < -0.39 is 17.7 Å². The quantitative estimate of drug-likeness (QED) is 0.705. The summed E-state index contributed by atoms with van der Waals surface area (Å²) < 4.78 is 0.851. The molecule has 1 saturated heterocycles. The highest BCUT2D eigenvalue weighted by Crippen LogP contribution is 2.28. The first-order chi connectivity index (χ1) is 12.8. The van der Waals surface area contributed by atoms with E-state index in [2.05, 4.69) is 26.8 Å². The minimum absolute atomic E-state index is 0.0749. The van der Waals surface area contributed by atoms with E-state index in [1.165, 1.54) is 4.90 Å². The molecule has 0 radical (unpaired) electrons. The Labute approximate surface area is 170 Å². The van der Waals surface area contributed by atoms with Crippen LogP contribution >= 0.6 is 27.5 Å². The third kappa shape index (κ3) is 4.48. The molecule has 8 heteroatoms. The van der Waals surface area contributed by atoms with Crippen LogP contribution in [0.2, 0.25) is 5.02 Å². The van der Waals surface area contributed by atoms with E-state index >= 15 is 0 Å². The summed E-state index contributed by atoms with van der Waals surface area (Å²) >= 11 is 9.42. The predicted molar refractivity (Wildman–Crippen MR) is 106 cm³/mol. The molecule has 0 aromatic heterocycles. The maximum absolute atomic E-state index is 12.3. The van der Waals surface area contributed by atoms with Gasteiger partial charge in [0, 0.05) is 33.7 Å². The minimum atomic E-state index is -0.553. The third-order valence-corrected chi connectivity index (χ3v) is 5.30. The van der Waals surface area contributed by atoms with Crippen molar-refractivity contribution in [3.05, 3.63) is 63.1 Å². The molecule has 2 aromatic carbocycles. The Morgan fingerprint density at radius 3 is 2.52 bits per heavy atom. The molecule has 0 spiro atoms. The fourth-order valence-electron chi connectivity index (χ4n) is 2.78. The normalized spacial score (nSPS) is 16.3. The number of anilines is 1. The molecule has 1 atom stereocenters. The zero-order valence-electron chi connectivity index (χ0n) is 14.5. The van der Waals surface area contributed by atoms with Crippen LogP contribution in [-0.2, 0) is 9.59 Å². The van der Waals surface area contributed by atoms with Crippen LogP contribution in [0.3, 0.4) is 0 Å². The van der Waals surface area contributed by atoms with Crippen LogP contribution in [0.1, 0.15) is 22.3 Å². The summed E-state index contributed by atoms with van der Waals surface area (Å²) in [6.07, 6.45) is 0.0749. The molecule has 2 N–H and O–H groups in total. The predicted octanol–water partition coefficient (Wildman–Crippen LogP) is 3.23. The van der Waals surface area contributed by atoms with Crippen molar-refractivity contribution in [2.24, 2.45) is 5.92 Å². The number of aryl methyl sites for hydroxylation is 1. The number of carbonyl (C=O) groups is 3. The van der Waals surface area contributed by atoms with Gasteiger partial charge in [0.05, 0.1) is 5.92 Å². The molecule has 0 saturated carbocycles. The van der Waals surface area contributed by atoms with Crippen molar-refractivity contribution in [3.8, 4) is 0 Å². The van der Waals surface area contributed by atoms with E-state index in [9.17, 15) is 14.4 Å². The number of nitrogens with one attached hydrogen (secondary N) is 2. The average molecular weight is 451 g/mol. The van der Waals surface area contributed by atoms with Crippen LogP contribution in [0.5, 0.6) is 0 Å². The second kappa shape index (κ2) is 8.10. The van der Waals surface area contributed by atoms with Crippen LogP contribution in [0.4, 0.5) is 5.69 Å². The van der Waals surface area contributed by atoms with Crippen molar-refractivity contribution in [2.75, 3.05) is 11.4 Å². The van der Waals surface area contributed by atoms with Gasteiger partial charge in [-0.05, 0) is 48.9 Å². The number of nitrogens with zero attached hydrogens (tertiary/aromatic N) is 1.